The van der Waals surface area contributed by atoms with Gasteiger partial charge in [0.05, 0.1) is 19.8 Å². The molecule has 0 aliphatic carbocycles. The quantitative estimate of drug-likeness (QED) is 0.664. The molecule has 2 atom stereocenters. The second-order valence-corrected chi connectivity index (χ2v) is 8.63. The lowest BCUT2D eigenvalue weighted by atomic mass is 9.86. The highest BCUT2D eigenvalue weighted by Crippen LogP contribution is 2.36. The highest BCUT2D eigenvalue weighted by Gasteiger charge is 2.35. The van der Waals surface area contributed by atoms with E-state index in [4.69, 9.17) is 9.47 Å². The second kappa shape index (κ2) is 10.7. The molecule has 1 fully saturated rings. The van der Waals surface area contributed by atoms with Crippen LogP contribution in [0.4, 0.5) is 18.4 Å². The van der Waals surface area contributed by atoms with E-state index in [1.54, 1.807) is 32.6 Å². The fraction of sp³-hybridized carbons (Fsp3) is 0.636. The van der Waals surface area contributed by atoms with Gasteiger partial charge in [-0.25, -0.2) is 18.4 Å². The van der Waals surface area contributed by atoms with Crippen molar-refractivity contribution in [1.29, 1.82) is 0 Å². The number of carbonyl (C=O) groups excluding carboxylic acids is 2. The number of amides is 2. The van der Waals surface area contributed by atoms with Gasteiger partial charge in [0, 0.05) is 31.1 Å². The molecule has 1 N–H and O–H groups in total. The Morgan fingerprint density at radius 2 is 2.00 bits per heavy atom. The van der Waals surface area contributed by atoms with Crippen molar-refractivity contribution in [2.24, 2.45) is 5.92 Å². The molecule has 174 valence electrons. The summed E-state index contributed by atoms with van der Waals surface area (Å²) in [6.07, 6.45) is -0.494. The van der Waals surface area contributed by atoms with Crippen molar-refractivity contribution >= 4 is 12.2 Å². The standard InChI is InChI=1S/C22H32F2N2O5/c1-14-8-9-16(23)18(24)17(14)19(30-12-10-25-20(27)29-5)15-7-6-11-26(13-15)21(28)31-22(2,3)4/h8-9,15,19H,6-7,10-13H2,1-5H3,(H,25,27)/t15?,19-/m1/s1. The summed E-state index contributed by atoms with van der Waals surface area (Å²) in [5.41, 5.74) is 0.0541. The van der Waals surface area contributed by atoms with Gasteiger partial charge in [-0.3, -0.25) is 0 Å². The van der Waals surface area contributed by atoms with Gasteiger partial charge in [0.2, 0.25) is 0 Å². The molecule has 0 saturated carbocycles. The Morgan fingerprint density at radius 3 is 2.65 bits per heavy atom. The second-order valence-electron chi connectivity index (χ2n) is 8.63. The number of rotatable bonds is 6. The monoisotopic (exact) mass is 442 g/mol. The predicted octanol–water partition coefficient (Wildman–Crippen LogP) is 4.33. The van der Waals surface area contributed by atoms with Crippen LogP contribution in [0.15, 0.2) is 12.1 Å². The van der Waals surface area contributed by atoms with E-state index in [0.717, 1.165) is 6.07 Å². The van der Waals surface area contributed by atoms with Crippen LogP contribution in [0, 0.1) is 24.5 Å². The largest absolute Gasteiger partial charge is 0.453 e. The molecule has 7 nitrogen and oxygen atoms in total. The number of nitrogens with zero attached hydrogens (tertiary/aromatic N) is 1. The number of nitrogens with one attached hydrogen (secondary N) is 1. The third kappa shape index (κ3) is 7.05. The first kappa shape index (κ1) is 24.8. The summed E-state index contributed by atoms with van der Waals surface area (Å²) in [5, 5.41) is 2.50. The molecule has 0 bridgehead atoms. The first-order chi connectivity index (χ1) is 14.5. The Labute approximate surface area is 182 Å². The molecule has 1 unspecified atom stereocenters. The van der Waals surface area contributed by atoms with E-state index in [9.17, 15) is 18.4 Å². The number of halogens is 2. The molecule has 1 saturated heterocycles. The minimum Gasteiger partial charge on any atom is -0.453 e. The van der Waals surface area contributed by atoms with Crippen LogP contribution >= 0.6 is 0 Å². The molecule has 1 heterocycles. The molecule has 1 aliphatic heterocycles. The van der Waals surface area contributed by atoms with E-state index in [1.165, 1.54) is 13.2 Å². The smallest absolute Gasteiger partial charge is 0.410 e. The maximum atomic E-state index is 14.8. The zero-order chi connectivity index (χ0) is 23.2. The summed E-state index contributed by atoms with van der Waals surface area (Å²) >= 11 is 0. The lowest BCUT2D eigenvalue weighted by Crippen LogP contribution is -2.44. The van der Waals surface area contributed by atoms with Gasteiger partial charge >= 0.3 is 12.2 Å². The lowest BCUT2D eigenvalue weighted by molar-refractivity contribution is -0.0263. The van der Waals surface area contributed by atoms with E-state index < -0.39 is 35.5 Å². The SMILES string of the molecule is COC(=O)NCCO[C@@H](c1c(C)ccc(F)c1F)C1CCCN(C(=O)OC(C)(C)C)C1. The van der Waals surface area contributed by atoms with Crippen LogP contribution < -0.4 is 5.32 Å². The molecule has 0 radical (unpaired) electrons. The molecule has 1 aromatic rings. The fourth-order valence-corrected chi connectivity index (χ4v) is 3.63. The number of ether oxygens (including phenoxy) is 3. The van der Waals surface area contributed by atoms with Crippen molar-refractivity contribution in [3.63, 3.8) is 0 Å². The highest BCUT2D eigenvalue weighted by atomic mass is 19.2. The van der Waals surface area contributed by atoms with E-state index >= 15 is 0 Å². The summed E-state index contributed by atoms with van der Waals surface area (Å²) in [6.45, 7) is 8.08. The molecule has 1 aliphatic rings. The summed E-state index contributed by atoms with van der Waals surface area (Å²) in [6, 6.07) is 2.59. The highest BCUT2D eigenvalue weighted by molar-refractivity contribution is 5.68. The summed E-state index contributed by atoms with van der Waals surface area (Å²) in [4.78, 5) is 25.4. The number of aryl methyl sites for hydroxylation is 1. The molecule has 9 heteroatoms. The Kier molecular flexibility index (Phi) is 8.61. The van der Waals surface area contributed by atoms with E-state index in [0.29, 0.717) is 31.5 Å². The fourth-order valence-electron chi connectivity index (χ4n) is 3.63. The zero-order valence-electron chi connectivity index (χ0n) is 18.8. The van der Waals surface area contributed by atoms with E-state index in [2.05, 4.69) is 10.1 Å². The predicted molar refractivity (Wildman–Crippen MR) is 111 cm³/mol. The van der Waals surface area contributed by atoms with E-state index in [1.807, 2.05) is 0 Å². The molecular formula is C22H32F2N2O5. The van der Waals surface area contributed by atoms with Crippen molar-refractivity contribution < 1.29 is 32.6 Å². The Bertz CT molecular complexity index is 782. The molecule has 0 spiro atoms. The number of likely N-dealkylation sites (tertiary alicyclic amines) is 1. The summed E-state index contributed by atoms with van der Waals surface area (Å²) in [7, 11) is 1.25. The number of hydrogen-bond acceptors (Lipinski definition) is 5. The van der Waals surface area contributed by atoms with Gasteiger partial charge in [0.15, 0.2) is 11.6 Å². The van der Waals surface area contributed by atoms with Gasteiger partial charge in [0.25, 0.3) is 0 Å². The third-order valence-corrected chi connectivity index (χ3v) is 5.03. The van der Waals surface area contributed by atoms with Gasteiger partial charge in [-0.2, -0.15) is 0 Å². The molecule has 31 heavy (non-hydrogen) atoms. The topological polar surface area (TPSA) is 77.1 Å². The van der Waals surface area contributed by atoms with Crippen LogP contribution in [-0.2, 0) is 14.2 Å². The average Bonchev–Trinajstić information content (AvgIpc) is 2.71. The van der Waals surface area contributed by atoms with Crippen molar-refractivity contribution in [3.05, 3.63) is 34.9 Å². The maximum absolute atomic E-state index is 14.8. The zero-order valence-corrected chi connectivity index (χ0v) is 18.8. The number of hydrogen-bond donors (Lipinski definition) is 1. The third-order valence-electron chi connectivity index (χ3n) is 5.03. The number of methoxy groups -OCH3 is 1. The van der Waals surface area contributed by atoms with Crippen LogP contribution in [0.1, 0.15) is 50.8 Å². The van der Waals surface area contributed by atoms with Crippen molar-refractivity contribution in [2.75, 3.05) is 33.4 Å². The first-order valence-electron chi connectivity index (χ1n) is 10.4. The van der Waals surface area contributed by atoms with Gasteiger partial charge in [-0.1, -0.05) is 6.07 Å². The number of carbonyl (C=O) groups is 2. The Hall–Kier alpha value is -2.42. The van der Waals surface area contributed by atoms with Crippen LogP contribution in [0.3, 0.4) is 0 Å². The molecule has 0 aromatic heterocycles. The van der Waals surface area contributed by atoms with Gasteiger partial charge < -0.3 is 24.4 Å². The van der Waals surface area contributed by atoms with Crippen molar-refractivity contribution in [2.45, 2.75) is 52.2 Å². The minimum atomic E-state index is -0.958. The van der Waals surface area contributed by atoms with Gasteiger partial charge in [-0.15, -0.1) is 0 Å². The Morgan fingerprint density at radius 1 is 1.29 bits per heavy atom. The lowest BCUT2D eigenvalue weighted by Gasteiger charge is -2.38. The summed E-state index contributed by atoms with van der Waals surface area (Å²) in [5.74, 6) is -2.18. The number of piperidine rings is 1. The number of benzene rings is 1. The summed E-state index contributed by atoms with van der Waals surface area (Å²) < 4.78 is 44.8. The van der Waals surface area contributed by atoms with E-state index in [-0.39, 0.29) is 24.6 Å². The Balaban J connectivity index is 2.22. The molecule has 2 rings (SSSR count). The van der Waals surface area contributed by atoms with Crippen LogP contribution in [-0.4, -0.2) is 56.0 Å². The minimum absolute atomic E-state index is 0.0676. The number of alkyl carbamates (subject to hydrolysis) is 1. The van der Waals surface area contributed by atoms with Crippen molar-refractivity contribution in [3.8, 4) is 0 Å². The molecule has 2 amide bonds. The van der Waals surface area contributed by atoms with Crippen LogP contribution in [0.2, 0.25) is 0 Å². The molecule has 1 aromatic carbocycles. The van der Waals surface area contributed by atoms with Crippen LogP contribution in [0.25, 0.3) is 0 Å². The van der Waals surface area contributed by atoms with Crippen molar-refractivity contribution in [1.82, 2.24) is 10.2 Å². The average molecular weight is 443 g/mol. The maximum Gasteiger partial charge on any atom is 0.410 e. The van der Waals surface area contributed by atoms with Gasteiger partial charge in [0.1, 0.15) is 5.60 Å². The normalized spacial score (nSPS) is 17.8. The van der Waals surface area contributed by atoms with Gasteiger partial charge in [-0.05, 0) is 52.2 Å². The molecular weight excluding hydrogens is 410 g/mol. The first-order valence-corrected chi connectivity index (χ1v) is 10.4. The van der Waals surface area contributed by atoms with Crippen LogP contribution in [0.5, 0.6) is 0 Å².